The molecule has 124 valence electrons. The van der Waals surface area contributed by atoms with Crippen molar-refractivity contribution in [2.24, 2.45) is 0 Å². The van der Waals surface area contributed by atoms with E-state index in [-0.39, 0.29) is 10.8 Å². The van der Waals surface area contributed by atoms with Gasteiger partial charge in [-0.25, -0.2) is 9.37 Å². The molecule has 2 aromatic heterocycles. The average Bonchev–Trinajstić information content (AvgIpc) is 3.07. The minimum Gasteiger partial charge on any atom is -0.481 e. The topological polar surface area (TPSA) is 76.8 Å². The zero-order valence-electron chi connectivity index (χ0n) is 12.6. The minimum atomic E-state index is -0.641. The molecular weight excluding hydrogens is 354 g/mol. The Morgan fingerprint density at radius 1 is 1.29 bits per heavy atom. The van der Waals surface area contributed by atoms with Gasteiger partial charge in [-0.3, -0.25) is 5.10 Å². The fraction of sp³-hybridized carbons (Fsp3) is 0.125. The molecule has 1 aromatic carbocycles. The Bertz CT molecular complexity index is 871. The van der Waals surface area contributed by atoms with Crippen molar-refractivity contribution >= 4 is 29.0 Å². The van der Waals surface area contributed by atoms with Gasteiger partial charge in [0.1, 0.15) is 11.9 Å². The molecule has 1 unspecified atom stereocenters. The Morgan fingerprint density at radius 3 is 2.79 bits per heavy atom. The lowest BCUT2D eigenvalue weighted by Gasteiger charge is -2.20. The molecule has 24 heavy (non-hydrogen) atoms. The van der Waals surface area contributed by atoms with Crippen LogP contribution in [0.3, 0.4) is 0 Å². The Morgan fingerprint density at radius 2 is 2.08 bits per heavy atom. The monoisotopic (exact) mass is 366 g/mol. The second kappa shape index (κ2) is 6.67. The zero-order valence-corrected chi connectivity index (χ0v) is 14.1. The summed E-state index contributed by atoms with van der Waals surface area (Å²) in [6.07, 6.45) is 4.26. The summed E-state index contributed by atoms with van der Waals surface area (Å²) in [4.78, 5) is 4.04. The highest BCUT2D eigenvalue weighted by Crippen LogP contribution is 2.39. The van der Waals surface area contributed by atoms with E-state index >= 15 is 0 Å². The first-order chi connectivity index (χ1) is 11.5. The van der Waals surface area contributed by atoms with Gasteiger partial charge in [0.25, 0.3) is 0 Å². The largest absolute Gasteiger partial charge is 0.481 e. The van der Waals surface area contributed by atoms with E-state index in [0.717, 1.165) is 5.56 Å². The van der Waals surface area contributed by atoms with Gasteiger partial charge in [0.05, 0.1) is 11.2 Å². The lowest BCUT2D eigenvalue weighted by molar-refractivity contribution is 0.228. The number of aromatic nitrogens is 3. The van der Waals surface area contributed by atoms with E-state index in [4.69, 9.17) is 33.7 Å². The number of rotatable bonds is 4. The van der Waals surface area contributed by atoms with Crippen molar-refractivity contribution in [3.8, 4) is 16.9 Å². The summed E-state index contributed by atoms with van der Waals surface area (Å²) < 4.78 is 19.7. The first-order valence-electron chi connectivity index (χ1n) is 7.02. The quantitative estimate of drug-likeness (QED) is 0.659. The maximum Gasteiger partial charge on any atom is 0.170 e. The highest BCUT2D eigenvalue weighted by Gasteiger charge is 2.21. The summed E-state index contributed by atoms with van der Waals surface area (Å²) in [7, 11) is 0. The molecule has 2 heterocycles. The molecule has 3 rings (SSSR count). The smallest absolute Gasteiger partial charge is 0.170 e. The van der Waals surface area contributed by atoms with Gasteiger partial charge >= 0.3 is 0 Å². The van der Waals surface area contributed by atoms with Crippen molar-refractivity contribution in [3.63, 3.8) is 0 Å². The van der Waals surface area contributed by atoms with E-state index in [9.17, 15) is 4.39 Å². The van der Waals surface area contributed by atoms with Gasteiger partial charge in [-0.15, -0.1) is 0 Å². The third-order valence-corrected chi connectivity index (χ3v) is 4.24. The lowest BCUT2D eigenvalue weighted by atomic mass is 10.1. The van der Waals surface area contributed by atoms with Gasteiger partial charge in [0, 0.05) is 34.1 Å². The molecule has 3 N–H and O–H groups in total. The molecule has 0 amide bonds. The summed E-state index contributed by atoms with van der Waals surface area (Å²) in [5, 5.41) is 6.87. The number of nitrogens with two attached hydrogens (primary N) is 1. The number of anilines is 1. The van der Waals surface area contributed by atoms with Crippen LogP contribution in [0.4, 0.5) is 10.2 Å². The van der Waals surface area contributed by atoms with E-state index in [2.05, 4.69) is 15.2 Å². The molecule has 0 saturated heterocycles. The van der Waals surface area contributed by atoms with Crippen molar-refractivity contribution in [1.29, 1.82) is 0 Å². The summed E-state index contributed by atoms with van der Waals surface area (Å²) in [6, 6.07) is 4.38. The van der Waals surface area contributed by atoms with Crippen molar-refractivity contribution in [2.75, 3.05) is 5.73 Å². The summed E-state index contributed by atoms with van der Waals surface area (Å²) in [5.41, 5.74) is 7.78. The van der Waals surface area contributed by atoms with E-state index in [0.29, 0.717) is 21.9 Å². The van der Waals surface area contributed by atoms with E-state index in [1.807, 2.05) is 0 Å². The number of ether oxygens (including phenoxy) is 1. The number of benzene rings is 1. The standard InChI is InChI=1S/C16H13Cl2FN4O/c1-8(13-11(17)2-3-12(19)14(13)18)24-15-10(4-5-21-16(15)20)9-6-22-23-7-9/h2-8H,1H3,(H2,20,21)(H,22,23). The van der Waals surface area contributed by atoms with Crippen LogP contribution in [0.1, 0.15) is 18.6 Å². The number of nitrogens with zero attached hydrogens (tertiary/aromatic N) is 2. The van der Waals surface area contributed by atoms with Crippen LogP contribution < -0.4 is 10.5 Å². The molecule has 0 aliphatic rings. The molecule has 0 saturated carbocycles. The van der Waals surface area contributed by atoms with Crippen molar-refractivity contribution in [1.82, 2.24) is 15.2 Å². The van der Waals surface area contributed by atoms with Crippen LogP contribution in [0.2, 0.25) is 10.0 Å². The number of halogens is 3. The van der Waals surface area contributed by atoms with Crippen LogP contribution in [0.5, 0.6) is 5.75 Å². The number of hydrogen-bond donors (Lipinski definition) is 2. The summed E-state index contributed by atoms with van der Waals surface area (Å²) >= 11 is 12.2. The highest BCUT2D eigenvalue weighted by atomic mass is 35.5. The predicted molar refractivity (Wildman–Crippen MR) is 91.7 cm³/mol. The maximum absolute atomic E-state index is 13.7. The Labute approximate surface area is 147 Å². The fourth-order valence-corrected chi connectivity index (χ4v) is 3.04. The molecule has 3 aromatic rings. The van der Waals surface area contributed by atoms with Gasteiger partial charge in [-0.1, -0.05) is 23.2 Å². The molecule has 5 nitrogen and oxygen atoms in total. The molecule has 0 aliphatic heterocycles. The van der Waals surface area contributed by atoms with Crippen LogP contribution >= 0.6 is 23.2 Å². The van der Waals surface area contributed by atoms with Gasteiger partial charge in [0.15, 0.2) is 11.6 Å². The van der Waals surface area contributed by atoms with Gasteiger partial charge < -0.3 is 10.5 Å². The third kappa shape index (κ3) is 3.02. The zero-order chi connectivity index (χ0) is 17.3. The van der Waals surface area contributed by atoms with Crippen LogP contribution in [0.25, 0.3) is 11.1 Å². The molecule has 0 aliphatic carbocycles. The molecule has 8 heteroatoms. The van der Waals surface area contributed by atoms with Crippen LogP contribution in [-0.4, -0.2) is 15.2 Å². The van der Waals surface area contributed by atoms with Crippen LogP contribution in [0, 0.1) is 5.82 Å². The predicted octanol–water partition coefficient (Wildman–Crippen LogP) is 4.64. The number of aromatic amines is 1. The SMILES string of the molecule is CC(Oc1c(-c2cn[nH]c2)ccnc1N)c1c(Cl)ccc(F)c1Cl. The van der Waals surface area contributed by atoms with E-state index < -0.39 is 11.9 Å². The average molecular weight is 367 g/mol. The second-order valence-corrected chi connectivity index (χ2v) is 5.86. The number of pyridine rings is 1. The fourth-order valence-electron chi connectivity index (χ4n) is 2.36. The Balaban J connectivity index is 2.02. The first kappa shape index (κ1) is 16.5. The minimum absolute atomic E-state index is 0.0812. The Hall–Kier alpha value is -2.31. The van der Waals surface area contributed by atoms with Gasteiger partial charge in [-0.2, -0.15) is 5.10 Å². The van der Waals surface area contributed by atoms with Crippen LogP contribution in [-0.2, 0) is 0 Å². The molecule has 0 radical (unpaired) electrons. The third-order valence-electron chi connectivity index (χ3n) is 3.52. The van der Waals surface area contributed by atoms with Crippen LogP contribution in [0.15, 0.2) is 36.8 Å². The molecular formula is C16H13Cl2FN4O. The summed E-state index contributed by atoms with van der Waals surface area (Å²) in [6.45, 7) is 1.71. The number of nitrogens with one attached hydrogen (secondary N) is 1. The van der Waals surface area contributed by atoms with Gasteiger partial charge in [0.2, 0.25) is 0 Å². The van der Waals surface area contributed by atoms with Crippen molar-refractivity contribution in [2.45, 2.75) is 13.0 Å². The molecule has 0 bridgehead atoms. The van der Waals surface area contributed by atoms with E-state index in [1.165, 1.54) is 12.1 Å². The molecule has 0 spiro atoms. The number of H-pyrrole nitrogens is 1. The molecule has 1 atom stereocenters. The first-order valence-corrected chi connectivity index (χ1v) is 7.78. The lowest BCUT2D eigenvalue weighted by Crippen LogP contribution is -2.09. The normalized spacial score (nSPS) is 12.2. The number of hydrogen-bond acceptors (Lipinski definition) is 4. The number of nitrogen functional groups attached to an aromatic ring is 1. The van der Waals surface area contributed by atoms with E-state index in [1.54, 1.807) is 31.6 Å². The van der Waals surface area contributed by atoms with Gasteiger partial charge in [-0.05, 0) is 25.1 Å². The highest BCUT2D eigenvalue weighted by molar-refractivity contribution is 6.36. The summed E-state index contributed by atoms with van der Waals surface area (Å²) in [5.74, 6) is -0.0206. The second-order valence-electron chi connectivity index (χ2n) is 5.08. The van der Waals surface area contributed by atoms with Crippen molar-refractivity contribution < 1.29 is 9.13 Å². The maximum atomic E-state index is 13.7. The Kier molecular flexibility index (Phi) is 4.59. The molecule has 0 fully saturated rings. The van der Waals surface area contributed by atoms with Crippen molar-refractivity contribution in [3.05, 3.63) is 58.2 Å².